The maximum atomic E-state index is 14.6. The first-order valence-electron chi connectivity index (χ1n) is 13.7. The average molecular weight is 565 g/mol. The van der Waals surface area contributed by atoms with Crippen LogP contribution in [0.15, 0.2) is 54.7 Å². The quantitative estimate of drug-likeness (QED) is 0.221. The molecule has 10 heteroatoms. The lowest BCUT2D eigenvalue weighted by molar-refractivity contribution is 0.134. The summed E-state index contributed by atoms with van der Waals surface area (Å²) in [6, 6.07) is 13.9. The number of halogens is 2. The molecular weight excluding hydrogens is 531 g/mol. The lowest BCUT2D eigenvalue weighted by atomic mass is 10.1. The van der Waals surface area contributed by atoms with Gasteiger partial charge in [-0.15, -0.1) is 10.2 Å². The molecular formula is C30H34ClFN6O2. The van der Waals surface area contributed by atoms with Crippen LogP contribution in [0.4, 0.5) is 15.8 Å². The minimum absolute atomic E-state index is 0.265. The number of hydrogen-bond acceptors (Lipinski definition) is 8. The summed E-state index contributed by atoms with van der Waals surface area (Å²) in [5, 5.41) is 13.2. The molecule has 2 aromatic carbocycles. The Labute approximate surface area is 239 Å². The summed E-state index contributed by atoms with van der Waals surface area (Å²) < 4.78 is 26.6. The first-order valence-corrected chi connectivity index (χ1v) is 14.0. The van der Waals surface area contributed by atoms with Crippen LogP contribution in [-0.4, -0.2) is 78.0 Å². The zero-order valence-corrected chi connectivity index (χ0v) is 23.6. The van der Waals surface area contributed by atoms with Crippen molar-refractivity contribution in [3.63, 3.8) is 0 Å². The second-order valence-electron chi connectivity index (χ2n) is 9.93. The SMILES string of the molecule is CCCCOc1nnc(-c2cc(Cl)ccc2F)cc1Nc1ccnc2cc(OCCN3CCN(C)CC3)ccc12. The fraction of sp³-hybridized carbons (Fsp3) is 0.367. The second-order valence-corrected chi connectivity index (χ2v) is 10.4. The molecule has 1 fully saturated rings. The molecule has 40 heavy (non-hydrogen) atoms. The molecule has 0 bridgehead atoms. The van der Waals surface area contributed by atoms with Crippen molar-refractivity contribution >= 4 is 33.9 Å². The standard InChI is InChI=1S/C30H34ClFN6O2/c1-3-4-16-40-30-29(20-28(35-36-30)24-18-21(31)5-8-25(24)32)34-26-9-10-33-27-19-22(6-7-23(26)27)39-17-15-38-13-11-37(2)12-14-38/h5-10,18-20H,3-4,11-17H2,1-2H3,(H,33,34,35). The predicted molar refractivity (Wildman–Crippen MR) is 157 cm³/mol. The van der Waals surface area contributed by atoms with Gasteiger partial charge >= 0.3 is 0 Å². The van der Waals surface area contributed by atoms with E-state index in [-0.39, 0.29) is 5.56 Å². The van der Waals surface area contributed by atoms with Crippen LogP contribution in [-0.2, 0) is 0 Å². The van der Waals surface area contributed by atoms with Crippen molar-refractivity contribution in [3.8, 4) is 22.9 Å². The summed E-state index contributed by atoms with van der Waals surface area (Å²) in [6.45, 7) is 8.40. The van der Waals surface area contributed by atoms with Crippen LogP contribution in [0.3, 0.4) is 0 Å². The monoisotopic (exact) mass is 564 g/mol. The molecule has 5 rings (SSSR count). The topological polar surface area (TPSA) is 75.6 Å². The van der Waals surface area contributed by atoms with E-state index >= 15 is 0 Å². The maximum absolute atomic E-state index is 14.6. The zero-order valence-electron chi connectivity index (χ0n) is 22.9. The molecule has 1 aliphatic heterocycles. The molecule has 4 aromatic rings. The summed E-state index contributed by atoms with van der Waals surface area (Å²) in [5.41, 5.74) is 2.78. The Morgan fingerprint density at radius 1 is 0.950 bits per heavy atom. The van der Waals surface area contributed by atoms with Crippen LogP contribution < -0.4 is 14.8 Å². The Bertz CT molecular complexity index is 1450. The van der Waals surface area contributed by atoms with E-state index in [0.29, 0.717) is 35.5 Å². The summed E-state index contributed by atoms with van der Waals surface area (Å²) in [7, 11) is 2.16. The number of ether oxygens (including phenoxy) is 2. The van der Waals surface area contributed by atoms with Gasteiger partial charge in [0.25, 0.3) is 5.88 Å². The highest BCUT2D eigenvalue weighted by Gasteiger charge is 2.16. The number of fused-ring (bicyclic) bond motifs is 1. The van der Waals surface area contributed by atoms with E-state index in [0.717, 1.165) is 67.9 Å². The van der Waals surface area contributed by atoms with Crippen molar-refractivity contribution in [2.75, 3.05) is 58.3 Å². The number of nitrogens with one attached hydrogen (secondary N) is 1. The van der Waals surface area contributed by atoms with Crippen LogP contribution in [0.2, 0.25) is 5.02 Å². The third-order valence-corrected chi connectivity index (χ3v) is 7.19. The maximum Gasteiger partial charge on any atom is 0.257 e. The van der Waals surface area contributed by atoms with Crippen molar-refractivity contribution in [3.05, 3.63) is 65.6 Å². The van der Waals surface area contributed by atoms with Gasteiger partial charge < -0.3 is 19.7 Å². The highest BCUT2D eigenvalue weighted by molar-refractivity contribution is 6.30. The number of benzene rings is 2. The normalized spacial score (nSPS) is 14.4. The summed E-state index contributed by atoms with van der Waals surface area (Å²) >= 11 is 6.13. The average Bonchev–Trinajstić information content (AvgIpc) is 2.96. The van der Waals surface area contributed by atoms with Gasteiger partial charge in [-0.3, -0.25) is 9.88 Å². The van der Waals surface area contributed by atoms with Crippen LogP contribution in [0.5, 0.6) is 11.6 Å². The summed E-state index contributed by atoms with van der Waals surface area (Å²) in [4.78, 5) is 9.33. The highest BCUT2D eigenvalue weighted by Crippen LogP contribution is 2.34. The van der Waals surface area contributed by atoms with Crippen LogP contribution in [0.1, 0.15) is 19.8 Å². The second kappa shape index (κ2) is 13.2. The Hall–Kier alpha value is -3.53. The van der Waals surface area contributed by atoms with Crippen LogP contribution in [0.25, 0.3) is 22.2 Å². The molecule has 8 nitrogen and oxygen atoms in total. The largest absolute Gasteiger partial charge is 0.492 e. The summed E-state index contributed by atoms with van der Waals surface area (Å²) in [5.74, 6) is 0.687. The van der Waals surface area contributed by atoms with Gasteiger partial charge in [-0.25, -0.2) is 4.39 Å². The Morgan fingerprint density at radius 2 is 1.80 bits per heavy atom. The number of anilines is 2. The van der Waals surface area contributed by atoms with Crippen molar-refractivity contribution in [2.45, 2.75) is 19.8 Å². The van der Waals surface area contributed by atoms with E-state index in [1.54, 1.807) is 12.3 Å². The van der Waals surface area contributed by atoms with Gasteiger partial charge in [-0.2, -0.15) is 0 Å². The molecule has 1 saturated heterocycles. The molecule has 1 aliphatic rings. The van der Waals surface area contributed by atoms with Crippen molar-refractivity contribution in [1.29, 1.82) is 0 Å². The molecule has 210 valence electrons. The molecule has 0 spiro atoms. The van der Waals surface area contributed by atoms with Crippen molar-refractivity contribution < 1.29 is 13.9 Å². The lowest BCUT2D eigenvalue weighted by Gasteiger charge is -2.32. The van der Waals surface area contributed by atoms with Crippen LogP contribution in [0, 0.1) is 5.82 Å². The smallest absolute Gasteiger partial charge is 0.257 e. The Morgan fingerprint density at radius 3 is 2.62 bits per heavy atom. The number of piperazine rings is 1. The molecule has 1 N–H and O–H groups in total. The molecule has 2 aromatic heterocycles. The van der Waals surface area contributed by atoms with Gasteiger partial charge in [-0.05, 0) is 55.9 Å². The molecule has 0 amide bonds. The fourth-order valence-corrected chi connectivity index (χ4v) is 4.72. The van der Waals surface area contributed by atoms with E-state index in [1.165, 1.54) is 18.2 Å². The van der Waals surface area contributed by atoms with Gasteiger partial charge in [0, 0.05) is 66.6 Å². The number of rotatable bonds is 11. The molecule has 3 heterocycles. The van der Waals surface area contributed by atoms with E-state index in [9.17, 15) is 4.39 Å². The first kappa shape index (κ1) is 28.0. The van der Waals surface area contributed by atoms with Gasteiger partial charge in [0.1, 0.15) is 23.9 Å². The third kappa shape index (κ3) is 6.96. The number of nitrogens with zero attached hydrogens (tertiary/aromatic N) is 5. The van der Waals surface area contributed by atoms with E-state index in [1.807, 2.05) is 24.3 Å². The zero-order chi connectivity index (χ0) is 27.9. The van der Waals surface area contributed by atoms with Gasteiger partial charge in [0.2, 0.25) is 0 Å². The van der Waals surface area contributed by atoms with Crippen molar-refractivity contribution in [1.82, 2.24) is 25.0 Å². The molecule has 0 radical (unpaired) electrons. The molecule has 0 unspecified atom stereocenters. The van der Waals surface area contributed by atoms with Crippen molar-refractivity contribution in [2.24, 2.45) is 0 Å². The minimum Gasteiger partial charge on any atom is -0.492 e. The Balaban J connectivity index is 1.36. The Kier molecular flexibility index (Phi) is 9.26. The first-order chi connectivity index (χ1) is 19.5. The van der Waals surface area contributed by atoms with Crippen LogP contribution >= 0.6 is 11.6 Å². The fourth-order valence-electron chi connectivity index (χ4n) is 4.55. The lowest BCUT2D eigenvalue weighted by Crippen LogP contribution is -2.45. The van der Waals surface area contributed by atoms with E-state index < -0.39 is 5.82 Å². The van der Waals surface area contributed by atoms with E-state index in [4.69, 9.17) is 21.1 Å². The minimum atomic E-state index is -0.432. The summed E-state index contributed by atoms with van der Waals surface area (Å²) in [6.07, 6.45) is 3.60. The number of pyridine rings is 1. The van der Waals surface area contributed by atoms with Gasteiger partial charge in [-0.1, -0.05) is 24.9 Å². The number of aromatic nitrogens is 3. The molecule has 0 atom stereocenters. The molecule has 0 aliphatic carbocycles. The van der Waals surface area contributed by atoms with E-state index in [2.05, 4.69) is 44.3 Å². The molecule has 0 saturated carbocycles. The highest BCUT2D eigenvalue weighted by atomic mass is 35.5. The number of hydrogen-bond donors (Lipinski definition) is 1. The number of unbranched alkanes of at least 4 members (excludes halogenated alkanes) is 1. The predicted octanol–water partition coefficient (Wildman–Crippen LogP) is 6.03. The number of likely N-dealkylation sites (N-methyl/N-ethyl adjacent to an activating group) is 1. The third-order valence-electron chi connectivity index (χ3n) is 6.96. The van der Waals surface area contributed by atoms with Gasteiger partial charge in [0.15, 0.2) is 0 Å². The van der Waals surface area contributed by atoms with Gasteiger partial charge in [0.05, 0.1) is 17.8 Å².